The first kappa shape index (κ1) is 11.7. The molecule has 1 unspecified atom stereocenters. The quantitative estimate of drug-likeness (QED) is 0.487. The summed E-state index contributed by atoms with van der Waals surface area (Å²) < 4.78 is 0. The van der Waals surface area contributed by atoms with Gasteiger partial charge in [-0.1, -0.05) is 32.9 Å². The van der Waals surface area contributed by atoms with E-state index in [0.29, 0.717) is 11.1 Å². The molecule has 82 valence electrons. The van der Waals surface area contributed by atoms with Crippen LogP contribution in [0.2, 0.25) is 0 Å². The fraction of sp³-hybridized carbons (Fsp3) is 0.455. The Labute approximate surface area is 88.8 Å². The SMILES string of the molecule is CC.CC1C=C2C(=O)N(O)C(=O)C2=CC1. The van der Waals surface area contributed by atoms with Gasteiger partial charge in [0.2, 0.25) is 0 Å². The standard InChI is InChI=1S/C9H9NO3.C2H6/c1-5-2-3-6-7(4-5)9(12)10(13)8(6)11;1-2/h3-5,13H,2H2,1H3;1-2H3. The molecular weight excluding hydrogens is 194 g/mol. The molecule has 1 atom stereocenters. The number of imide groups is 1. The van der Waals surface area contributed by atoms with E-state index in [9.17, 15) is 9.59 Å². The minimum atomic E-state index is -0.609. The molecule has 4 heteroatoms. The summed E-state index contributed by atoms with van der Waals surface area (Å²) in [5, 5.41) is 9.21. The predicted molar refractivity (Wildman–Crippen MR) is 54.9 cm³/mol. The Morgan fingerprint density at radius 2 is 1.80 bits per heavy atom. The molecular formula is C11H15NO3. The second kappa shape index (κ2) is 4.40. The largest absolute Gasteiger partial charge is 0.285 e. The van der Waals surface area contributed by atoms with Crippen molar-refractivity contribution in [3.05, 3.63) is 23.3 Å². The van der Waals surface area contributed by atoms with Crippen molar-refractivity contribution in [2.75, 3.05) is 0 Å². The van der Waals surface area contributed by atoms with Crippen molar-refractivity contribution >= 4 is 11.8 Å². The number of hydrogen-bond donors (Lipinski definition) is 1. The number of nitrogens with zero attached hydrogens (tertiary/aromatic N) is 1. The molecule has 2 amide bonds. The van der Waals surface area contributed by atoms with E-state index >= 15 is 0 Å². The molecule has 1 aliphatic heterocycles. The van der Waals surface area contributed by atoms with Crippen molar-refractivity contribution in [2.24, 2.45) is 5.92 Å². The van der Waals surface area contributed by atoms with Crippen molar-refractivity contribution < 1.29 is 14.8 Å². The van der Waals surface area contributed by atoms with Crippen LogP contribution < -0.4 is 0 Å². The van der Waals surface area contributed by atoms with Gasteiger partial charge in [-0.25, -0.2) is 0 Å². The highest BCUT2D eigenvalue weighted by molar-refractivity contribution is 6.23. The Hall–Kier alpha value is -1.42. The zero-order chi connectivity index (χ0) is 11.6. The predicted octanol–water partition coefficient (Wildman–Crippen LogP) is 1.66. The van der Waals surface area contributed by atoms with Gasteiger partial charge in [-0.2, -0.15) is 0 Å². The molecule has 0 bridgehead atoms. The number of carbonyl (C=O) groups is 2. The third-order valence-electron chi connectivity index (χ3n) is 2.28. The molecule has 0 aromatic carbocycles. The van der Waals surface area contributed by atoms with Crippen LogP contribution in [0, 0.1) is 5.92 Å². The van der Waals surface area contributed by atoms with Crippen molar-refractivity contribution in [3.8, 4) is 0 Å². The van der Waals surface area contributed by atoms with Gasteiger partial charge in [0.05, 0.1) is 11.1 Å². The van der Waals surface area contributed by atoms with Gasteiger partial charge in [0, 0.05) is 0 Å². The minimum Gasteiger partial charge on any atom is -0.278 e. The number of amides is 2. The molecule has 1 N–H and O–H groups in total. The molecule has 1 aliphatic carbocycles. The summed E-state index contributed by atoms with van der Waals surface area (Å²) in [6, 6.07) is 0. The van der Waals surface area contributed by atoms with Crippen LogP contribution in [0.15, 0.2) is 23.3 Å². The maximum Gasteiger partial charge on any atom is 0.285 e. The molecule has 2 rings (SSSR count). The molecule has 1 fully saturated rings. The van der Waals surface area contributed by atoms with Crippen LogP contribution in [0.25, 0.3) is 0 Å². The molecule has 1 saturated heterocycles. The van der Waals surface area contributed by atoms with Crippen LogP contribution in [-0.4, -0.2) is 22.1 Å². The van der Waals surface area contributed by atoms with E-state index in [1.165, 1.54) is 0 Å². The number of carbonyl (C=O) groups excluding carboxylic acids is 2. The first-order valence-electron chi connectivity index (χ1n) is 5.11. The highest BCUT2D eigenvalue weighted by atomic mass is 16.5. The molecule has 0 spiro atoms. The second-order valence-corrected chi connectivity index (χ2v) is 3.33. The van der Waals surface area contributed by atoms with Gasteiger partial charge in [0.15, 0.2) is 0 Å². The van der Waals surface area contributed by atoms with Crippen LogP contribution in [0.3, 0.4) is 0 Å². The summed E-state index contributed by atoms with van der Waals surface area (Å²) >= 11 is 0. The lowest BCUT2D eigenvalue weighted by Gasteiger charge is -2.09. The Kier molecular flexibility index (Phi) is 3.42. The summed E-state index contributed by atoms with van der Waals surface area (Å²) in [5.41, 5.74) is 0.678. The minimum absolute atomic E-state index is 0.176. The van der Waals surface area contributed by atoms with Crippen LogP contribution in [0.4, 0.5) is 0 Å². The van der Waals surface area contributed by atoms with E-state index < -0.39 is 11.8 Å². The Morgan fingerprint density at radius 3 is 2.40 bits per heavy atom. The van der Waals surface area contributed by atoms with E-state index in [-0.39, 0.29) is 11.0 Å². The monoisotopic (exact) mass is 209 g/mol. The average molecular weight is 209 g/mol. The van der Waals surface area contributed by atoms with E-state index in [2.05, 4.69) is 0 Å². The number of allylic oxidation sites excluding steroid dienone is 2. The van der Waals surface area contributed by atoms with Crippen molar-refractivity contribution in [2.45, 2.75) is 27.2 Å². The third kappa shape index (κ3) is 1.85. The van der Waals surface area contributed by atoms with Crippen molar-refractivity contribution in [3.63, 3.8) is 0 Å². The number of hydrogen-bond acceptors (Lipinski definition) is 3. The lowest BCUT2D eigenvalue weighted by molar-refractivity contribution is -0.168. The third-order valence-corrected chi connectivity index (χ3v) is 2.28. The smallest absolute Gasteiger partial charge is 0.278 e. The van der Waals surface area contributed by atoms with Crippen LogP contribution in [0.1, 0.15) is 27.2 Å². The Bertz CT molecular complexity index is 355. The van der Waals surface area contributed by atoms with Gasteiger partial charge in [-0.05, 0) is 12.3 Å². The molecule has 2 aliphatic rings. The molecule has 15 heavy (non-hydrogen) atoms. The molecule has 0 aromatic rings. The maximum atomic E-state index is 11.2. The first-order valence-corrected chi connectivity index (χ1v) is 5.11. The van der Waals surface area contributed by atoms with Gasteiger partial charge in [-0.15, -0.1) is 5.06 Å². The number of hydroxylamine groups is 2. The van der Waals surface area contributed by atoms with Gasteiger partial charge >= 0.3 is 0 Å². The molecule has 0 aromatic heterocycles. The van der Waals surface area contributed by atoms with E-state index in [0.717, 1.165) is 6.42 Å². The maximum absolute atomic E-state index is 11.2. The topological polar surface area (TPSA) is 57.6 Å². The summed E-state index contributed by atoms with van der Waals surface area (Å²) in [7, 11) is 0. The molecule has 0 radical (unpaired) electrons. The molecule has 4 nitrogen and oxygen atoms in total. The highest BCUT2D eigenvalue weighted by Gasteiger charge is 2.39. The fourth-order valence-electron chi connectivity index (χ4n) is 1.57. The lowest BCUT2D eigenvalue weighted by Crippen LogP contribution is -2.24. The first-order chi connectivity index (χ1) is 7.11. The van der Waals surface area contributed by atoms with Crippen LogP contribution in [0.5, 0.6) is 0 Å². The Morgan fingerprint density at radius 1 is 1.27 bits per heavy atom. The second-order valence-electron chi connectivity index (χ2n) is 3.33. The highest BCUT2D eigenvalue weighted by Crippen LogP contribution is 2.30. The normalized spacial score (nSPS) is 24.0. The van der Waals surface area contributed by atoms with E-state index in [1.807, 2.05) is 20.8 Å². The average Bonchev–Trinajstić information content (AvgIpc) is 2.47. The zero-order valence-corrected chi connectivity index (χ0v) is 9.15. The Balaban J connectivity index is 0.000000531. The molecule has 1 heterocycles. The molecule has 0 saturated carbocycles. The van der Waals surface area contributed by atoms with Gasteiger partial charge in [-0.3, -0.25) is 14.8 Å². The summed E-state index contributed by atoms with van der Waals surface area (Å²) in [6.07, 6.45) is 4.17. The van der Waals surface area contributed by atoms with Gasteiger partial charge in [0.25, 0.3) is 11.8 Å². The van der Waals surface area contributed by atoms with Crippen LogP contribution in [-0.2, 0) is 9.59 Å². The van der Waals surface area contributed by atoms with Gasteiger partial charge in [0.1, 0.15) is 0 Å². The van der Waals surface area contributed by atoms with E-state index in [1.54, 1.807) is 12.2 Å². The van der Waals surface area contributed by atoms with E-state index in [4.69, 9.17) is 5.21 Å². The fourth-order valence-corrected chi connectivity index (χ4v) is 1.57. The summed E-state index contributed by atoms with van der Waals surface area (Å²) in [5.74, 6) is -0.965. The number of rotatable bonds is 0. The van der Waals surface area contributed by atoms with Crippen molar-refractivity contribution in [1.29, 1.82) is 0 Å². The van der Waals surface area contributed by atoms with Gasteiger partial charge < -0.3 is 0 Å². The van der Waals surface area contributed by atoms with Crippen LogP contribution >= 0.6 is 0 Å². The lowest BCUT2D eigenvalue weighted by atomic mass is 9.93. The number of fused-ring (bicyclic) bond motifs is 1. The van der Waals surface area contributed by atoms with Crippen molar-refractivity contribution in [1.82, 2.24) is 5.06 Å². The summed E-state index contributed by atoms with van der Waals surface area (Å²) in [4.78, 5) is 22.4. The zero-order valence-electron chi connectivity index (χ0n) is 9.15. The summed E-state index contributed by atoms with van der Waals surface area (Å²) in [6.45, 7) is 5.96.